The van der Waals surface area contributed by atoms with E-state index in [1.807, 2.05) is 45.0 Å². The third-order valence-corrected chi connectivity index (χ3v) is 5.04. The van der Waals surface area contributed by atoms with E-state index in [2.05, 4.69) is 32.9 Å². The summed E-state index contributed by atoms with van der Waals surface area (Å²) in [5.74, 6) is 1.10. The third kappa shape index (κ3) is 7.02. The van der Waals surface area contributed by atoms with Gasteiger partial charge in [0.1, 0.15) is 5.01 Å². The number of carbonyl (C=O) groups is 1. The SMILES string of the molecule is CN=C(NCc1cccc(NC(=O)CC(C)C)c1)NCc1nc(C)c(C)s1. The highest BCUT2D eigenvalue weighted by Crippen LogP contribution is 2.16. The number of anilines is 1. The first-order chi connectivity index (χ1) is 12.9. The van der Waals surface area contributed by atoms with Gasteiger partial charge in [-0.15, -0.1) is 11.3 Å². The van der Waals surface area contributed by atoms with Crippen molar-refractivity contribution in [1.82, 2.24) is 15.6 Å². The van der Waals surface area contributed by atoms with E-state index in [1.165, 1.54) is 4.88 Å². The van der Waals surface area contributed by atoms with Crippen LogP contribution in [0.15, 0.2) is 29.3 Å². The van der Waals surface area contributed by atoms with E-state index in [-0.39, 0.29) is 5.91 Å². The summed E-state index contributed by atoms with van der Waals surface area (Å²) in [6, 6.07) is 7.85. The molecule has 1 heterocycles. The Labute approximate surface area is 165 Å². The second-order valence-electron chi connectivity index (χ2n) is 6.88. The number of hydrogen-bond acceptors (Lipinski definition) is 4. The summed E-state index contributed by atoms with van der Waals surface area (Å²) < 4.78 is 0. The molecule has 0 aliphatic rings. The van der Waals surface area contributed by atoms with Crippen molar-refractivity contribution in [2.75, 3.05) is 12.4 Å². The number of carbonyl (C=O) groups excluding carboxylic acids is 1. The maximum atomic E-state index is 11.9. The lowest BCUT2D eigenvalue weighted by Gasteiger charge is -2.12. The molecular weight excluding hydrogens is 358 g/mol. The number of aromatic nitrogens is 1. The summed E-state index contributed by atoms with van der Waals surface area (Å²) in [4.78, 5) is 22.0. The van der Waals surface area contributed by atoms with Gasteiger partial charge in [-0.05, 0) is 37.5 Å². The smallest absolute Gasteiger partial charge is 0.224 e. The molecule has 0 saturated carbocycles. The third-order valence-electron chi connectivity index (χ3n) is 3.97. The van der Waals surface area contributed by atoms with Gasteiger partial charge in [-0.25, -0.2) is 4.98 Å². The zero-order chi connectivity index (χ0) is 19.8. The van der Waals surface area contributed by atoms with Crippen LogP contribution in [0.5, 0.6) is 0 Å². The van der Waals surface area contributed by atoms with Crippen LogP contribution in [0.25, 0.3) is 0 Å². The van der Waals surface area contributed by atoms with E-state index in [0.717, 1.165) is 27.9 Å². The minimum Gasteiger partial charge on any atom is -0.352 e. The van der Waals surface area contributed by atoms with Crippen molar-refractivity contribution in [2.24, 2.45) is 10.9 Å². The number of aliphatic imine (C=N–C) groups is 1. The molecule has 0 aliphatic heterocycles. The lowest BCUT2D eigenvalue weighted by Crippen LogP contribution is -2.36. The monoisotopic (exact) mass is 387 g/mol. The molecule has 0 spiro atoms. The fourth-order valence-corrected chi connectivity index (χ4v) is 3.40. The molecule has 3 N–H and O–H groups in total. The van der Waals surface area contributed by atoms with Crippen LogP contribution in [-0.4, -0.2) is 23.9 Å². The van der Waals surface area contributed by atoms with Crippen molar-refractivity contribution in [1.29, 1.82) is 0 Å². The molecule has 6 nitrogen and oxygen atoms in total. The van der Waals surface area contributed by atoms with Gasteiger partial charge in [-0.2, -0.15) is 0 Å². The van der Waals surface area contributed by atoms with Crippen LogP contribution >= 0.6 is 11.3 Å². The topological polar surface area (TPSA) is 78.4 Å². The Balaban J connectivity index is 1.86. The molecule has 0 atom stereocenters. The standard InChI is InChI=1S/C20H29N5OS/c1-13(2)9-18(26)25-17-8-6-7-16(10-17)11-22-20(21-5)23-12-19-24-14(3)15(4)27-19/h6-8,10,13H,9,11-12H2,1-5H3,(H,25,26)(H2,21,22,23). The van der Waals surface area contributed by atoms with E-state index < -0.39 is 0 Å². The number of thiazole rings is 1. The first-order valence-corrected chi connectivity index (χ1v) is 9.95. The van der Waals surface area contributed by atoms with Gasteiger partial charge >= 0.3 is 0 Å². The largest absolute Gasteiger partial charge is 0.352 e. The van der Waals surface area contributed by atoms with Gasteiger partial charge in [0.15, 0.2) is 5.96 Å². The molecular formula is C20H29N5OS. The molecule has 0 unspecified atom stereocenters. The van der Waals surface area contributed by atoms with Crippen LogP contribution < -0.4 is 16.0 Å². The molecule has 0 fully saturated rings. The Bertz CT molecular complexity index is 778. The first kappa shape index (κ1) is 20.9. The van der Waals surface area contributed by atoms with Crippen LogP contribution in [-0.2, 0) is 17.9 Å². The average molecular weight is 388 g/mol. The predicted molar refractivity (Wildman–Crippen MR) is 113 cm³/mol. The van der Waals surface area contributed by atoms with E-state index in [1.54, 1.807) is 18.4 Å². The fraction of sp³-hybridized carbons (Fsp3) is 0.450. The van der Waals surface area contributed by atoms with Crippen LogP contribution in [0.2, 0.25) is 0 Å². The van der Waals surface area contributed by atoms with Gasteiger partial charge in [0.05, 0.1) is 12.2 Å². The maximum absolute atomic E-state index is 11.9. The van der Waals surface area contributed by atoms with Gasteiger partial charge in [0, 0.05) is 30.6 Å². The summed E-state index contributed by atoms with van der Waals surface area (Å²) in [6.45, 7) is 9.43. The molecule has 1 amide bonds. The number of aryl methyl sites for hydroxylation is 2. The zero-order valence-electron chi connectivity index (χ0n) is 16.7. The van der Waals surface area contributed by atoms with Gasteiger partial charge in [0.2, 0.25) is 5.91 Å². The number of hydrogen-bond donors (Lipinski definition) is 3. The van der Waals surface area contributed by atoms with Gasteiger partial charge in [-0.3, -0.25) is 9.79 Å². The van der Waals surface area contributed by atoms with Crippen molar-refractivity contribution >= 4 is 28.9 Å². The predicted octanol–water partition coefficient (Wildman–Crippen LogP) is 3.61. The highest BCUT2D eigenvalue weighted by molar-refractivity contribution is 7.11. The molecule has 0 radical (unpaired) electrons. The van der Waals surface area contributed by atoms with Crippen molar-refractivity contribution in [3.63, 3.8) is 0 Å². The van der Waals surface area contributed by atoms with Crippen molar-refractivity contribution in [2.45, 2.75) is 47.2 Å². The fourth-order valence-electron chi connectivity index (χ4n) is 2.52. The first-order valence-electron chi connectivity index (χ1n) is 9.13. The average Bonchev–Trinajstić information content (AvgIpc) is 2.92. The minimum absolute atomic E-state index is 0.0432. The molecule has 27 heavy (non-hydrogen) atoms. The Kier molecular flexibility index (Phi) is 7.79. The van der Waals surface area contributed by atoms with Crippen LogP contribution in [0, 0.1) is 19.8 Å². The van der Waals surface area contributed by atoms with Crippen LogP contribution in [0.1, 0.15) is 41.4 Å². The molecule has 146 valence electrons. The van der Waals surface area contributed by atoms with E-state index in [0.29, 0.717) is 25.4 Å². The second-order valence-corrected chi connectivity index (χ2v) is 8.16. The molecule has 2 aromatic rings. The number of amides is 1. The lowest BCUT2D eigenvalue weighted by atomic mass is 10.1. The number of nitrogens with one attached hydrogen (secondary N) is 3. The summed E-state index contributed by atoms with van der Waals surface area (Å²) in [7, 11) is 1.75. The Morgan fingerprint density at radius 2 is 1.96 bits per heavy atom. The van der Waals surface area contributed by atoms with E-state index in [9.17, 15) is 4.79 Å². The van der Waals surface area contributed by atoms with Crippen molar-refractivity contribution in [3.8, 4) is 0 Å². The quantitative estimate of drug-likeness (QED) is 0.501. The molecule has 0 bridgehead atoms. The number of nitrogens with zero attached hydrogens (tertiary/aromatic N) is 2. The molecule has 7 heteroatoms. The molecule has 0 saturated heterocycles. The Morgan fingerprint density at radius 1 is 1.22 bits per heavy atom. The summed E-state index contributed by atoms with van der Waals surface area (Å²) in [6.07, 6.45) is 0.523. The van der Waals surface area contributed by atoms with Crippen molar-refractivity contribution < 1.29 is 4.79 Å². The van der Waals surface area contributed by atoms with E-state index in [4.69, 9.17) is 0 Å². The highest BCUT2D eigenvalue weighted by atomic mass is 32.1. The molecule has 1 aromatic carbocycles. The molecule has 1 aromatic heterocycles. The van der Waals surface area contributed by atoms with Crippen LogP contribution in [0.3, 0.4) is 0 Å². The van der Waals surface area contributed by atoms with E-state index >= 15 is 0 Å². The summed E-state index contributed by atoms with van der Waals surface area (Å²) in [5, 5.41) is 10.6. The Morgan fingerprint density at radius 3 is 2.59 bits per heavy atom. The number of benzene rings is 1. The molecule has 0 aliphatic carbocycles. The van der Waals surface area contributed by atoms with Gasteiger partial charge in [0.25, 0.3) is 0 Å². The number of rotatable bonds is 7. The highest BCUT2D eigenvalue weighted by Gasteiger charge is 2.07. The van der Waals surface area contributed by atoms with Gasteiger partial charge < -0.3 is 16.0 Å². The second kappa shape index (κ2) is 10.1. The summed E-state index contributed by atoms with van der Waals surface area (Å²) in [5.41, 5.74) is 2.97. The number of guanidine groups is 1. The Hall–Kier alpha value is -2.41. The normalized spacial score (nSPS) is 11.6. The minimum atomic E-state index is 0.0432. The molecule has 2 rings (SSSR count). The van der Waals surface area contributed by atoms with Crippen LogP contribution in [0.4, 0.5) is 5.69 Å². The van der Waals surface area contributed by atoms with Gasteiger partial charge in [-0.1, -0.05) is 26.0 Å². The van der Waals surface area contributed by atoms with Crippen molar-refractivity contribution in [3.05, 3.63) is 45.4 Å². The zero-order valence-corrected chi connectivity index (χ0v) is 17.5. The maximum Gasteiger partial charge on any atom is 0.224 e. The summed E-state index contributed by atoms with van der Waals surface area (Å²) >= 11 is 1.70. The lowest BCUT2D eigenvalue weighted by molar-refractivity contribution is -0.116.